The van der Waals surface area contributed by atoms with E-state index in [-0.39, 0.29) is 31.2 Å². The van der Waals surface area contributed by atoms with Crippen LogP contribution in [0.4, 0.5) is 0 Å². The molecular weight excluding hydrogens is 194 g/mol. The van der Waals surface area contributed by atoms with Gasteiger partial charge in [0.05, 0.1) is 25.3 Å². The minimum absolute atomic E-state index is 0.0121. The van der Waals surface area contributed by atoms with Gasteiger partial charge in [-0.3, -0.25) is 4.79 Å². The van der Waals surface area contributed by atoms with Crippen molar-refractivity contribution in [3.8, 4) is 0 Å². The molecule has 1 heterocycles. The van der Waals surface area contributed by atoms with Gasteiger partial charge < -0.3 is 15.1 Å². The molecule has 4 heteroatoms. The van der Waals surface area contributed by atoms with Crippen LogP contribution in [0, 0.1) is 5.41 Å². The van der Waals surface area contributed by atoms with Crippen molar-refractivity contribution < 1.29 is 15.0 Å². The lowest BCUT2D eigenvalue weighted by Crippen LogP contribution is -2.49. The quantitative estimate of drug-likeness (QED) is 0.700. The molecule has 2 unspecified atom stereocenters. The molecule has 1 aliphatic heterocycles. The fourth-order valence-electron chi connectivity index (χ4n) is 2.04. The standard InChI is InChI=1S/C11H21NO3/c1-11(2,3)10(15)12-8(6-13)4-5-9(12)7-14/h8-9,13-14H,4-7H2,1-3H3. The van der Waals surface area contributed by atoms with Gasteiger partial charge in [-0.05, 0) is 12.8 Å². The molecule has 0 aromatic carbocycles. The molecule has 2 N–H and O–H groups in total. The number of carbonyl (C=O) groups is 1. The van der Waals surface area contributed by atoms with Gasteiger partial charge in [0.1, 0.15) is 0 Å². The molecule has 0 aliphatic carbocycles. The maximum Gasteiger partial charge on any atom is 0.228 e. The molecule has 1 amide bonds. The number of aliphatic hydroxyl groups excluding tert-OH is 2. The summed E-state index contributed by atoms with van der Waals surface area (Å²) in [5.74, 6) is 0.0121. The highest BCUT2D eigenvalue weighted by atomic mass is 16.3. The molecule has 0 radical (unpaired) electrons. The van der Waals surface area contributed by atoms with E-state index in [4.69, 9.17) is 0 Å². The van der Waals surface area contributed by atoms with E-state index < -0.39 is 5.41 Å². The highest BCUT2D eigenvalue weighted by Crippen LogP contribution is 2.29. The Kier molecular flexibility index (Phi) is 3.73. The van der Waals surface area contributed by atoms with E-state index in [0.717, 1.165) is 12.8 Å². The Labute approximate surface area is 90.9 Å². The maximum atomic E-state index is 12.1. The molecule has 2 atom stereocenters. The lowest BCUT2D eigenvalue weighted by molar-refractivity contribution is -0.144. The van der Waals surface area contributed by atoms with Gasteiger partial charge in [-0.15, -0.1) is 0 Å². The number of nitrogens with zero attached hydrogens (tertiary/aromatic N) is 1. The Bertz CT molecular complexity index is 222. The first-order valence-electron chi connectivity index (χ1n) is 5.46. The predicted molar refractivity (Wildman–Crippen MR) is 57.3 cm³/mol. The molecule has 0 spiro atoms. The molecular formula is C11H21NO3. The molecule has 15 heavy (non-hydrogen) atoms. The van der Waals surface area contributed by atoms with Gasteiger partial charge in [-0.1, -0.05) is 20.8 Å². The molecule has 1 rings (SSSR count). The summed E-state index contributed by atoms with van der Waals surface area (Å²) in [4.78, 5) is 13.8. The second-order valence-electron chi connectivity index (χ2n) is 5.21. The Balaban J connectivity index is 2.83. The first kappa shape index (κ1) is 12.5. The Morgan fingerprint density at radius 2 is 1.60 bits per heavy atom. The van der Waals surface area contributed by atoms with Crippen LogP contribution in [0.25, 0.3) is 0 Å². The van der Waals surface area contributed by atoms with E-state index in [1.807, 2.05) is 20.8 Å². The van der Waals surface area contributed by atoms with Crippen LogP contribution in [0.2, 0.25) is 0 Å². The molecule has 1 saturated heterocycles. The van der Waals surface area contributed by atoms with Crippen LogP contribution in [0.1, 0.15) is 33.6 Å². The zero-order chi connectivity index (χ0) is 11.6. The fraction of sp³-hybridized carbons (Fsp3) is 0.909. The summed E-state index contributed by atoms with van der Waals surface area (Å²) >= 11 is 0. The second kappa shape index (κ2) is 4.49. The molecule has 1 fully saturated rings. The van der Waals surface area contributed by atoms with E-state index in [9.17, 15) is 15.0 Å². The highest BCUT2D eigenvalue weighted by Gasteiger charge is 2.40. The normalized spacial score (nSPS) is 27.1. The molecule has 0 aromatic heterocycles. The summed E-state index contributed by atoms with van der Waals surface area (Å²) in [6.45, 7) is 5.54. The van der Waals surface area contributed by atoms with Crippen LogP contribution in [0.5, 0.6) is 0 Å². The van der Waals surface area contributed by atoms with Gasteiger partial charge in [0.2, 0.25) is 5.91 Å². The Morgan fingerprint density at radius 3 is 1.87 bits per heavy atom. The van der Waals surface area contributed by atoms with Crippen molar-refractivity contribution in [3.05, 3.63) is 0 Å². The monoisotopic (exact) mass is 215 g/mol. The van der Waals surface area contributed by atoms with Crippen molar-refractivity contribution >= 4 is 5.91 Å². The average Bonchev–Trinajstić information content (AvgIpc) is 2.57. The topological polar surface area (TPSA) is 60.8 Å². The number of rotatable bonds is 2. The van der Waals surface area contributed by atoms with E-state index >= 15 is 0 Å². The summed E-state index contributed by atoms with van der Waals surface area (Å²) in [6.07, 6.45) is 1.56. The first-order valence-corrected chi connectivity index (χ1v) is 5.46. The summed E-state index contributed by atoms with van der Waals surface area (Å²) in [7, 11) is 0. The molecule has 4 nitrogen and oxygen atoms in total. The van der Waals surface area contributed by atoms with Crippen LogP contribution >= 0.6 is 0 Å². The molecule has 0 bridgehead atoms. The van der Waals surface area contributed by atoms with Gasteiger partial charge in [0.15, 0.2) is 0 Å². The Morgan fingerprint density at radius 1 is 1.20 bits per heavy atom. The van der Waals surface area contributed by atoms with Crippen molar-refractivity contribution in [3.63, 3.8) is 0 Å². The number of likely N-dealkylation sites (tertiary alicyclic amines) is 1. The summed E-state index contributed by atoms with van der Waals surface area (Å²) in [5, 5.41) is 18.4. The van der Waals surface area contributed by atoms with Crippen molar-refractivity contribution in [1.29, 1.82) is 0 Å². The third-order valence-electron chi connectivity index (χ3n) is 2.92. The number of hydrogen-bond donors (Lipinski definition) is 2. The number of hydrogen-bond acceptors (Lipinski definition) is 3. The van der Waals surface area contributed by atoms with E-state index in [1.165, 1.54) is 0 Å². The van der Waals surface area contributed by atoms with Crippen molar-refractivity contribution in [1.82, 2.24) is 4.90 Å². The lowest BCUT2D eigenvalue weighted by Gasteiger charge is -2.34. The summed E-state index contributed by atoms with van der Waals surface area (Å²) < 4.78 is 0. The minimum atomic E-state index is -0.453. The maximum absolute atomic E-state index is 12.1. The number of aliphatic hydroxyl groups is 2. The van der Waals surface area contributed by atoms with Crippen LogP contribution in [-0.2, 0) is 4.79 Å². The van der Waals surface area contributed by atoms with Gasteiger partial charge in [-0.2, -0.15) is 0 Å². The minimum Gasteiger partial charge on any atom is -0.394 e. The molecule has 0 saturated carbocycles. The van der Waals surface area contributed by atoms with Crippen molar-refractivity contribution in [2.75, 3.05) is 13.2 Å². The van der Waals surface area contributed by atoms with E-state index in [0.29, 0.717) is 0 Å². The zero-order valence-corrected chi connectivity index (χ0v) is 9.73. The smallest absolute Gasteiger partial charge is 0.228 e. The van der Waals surface area contributed by atoms with Crippen LogP contribution in [0.3, 0.4) is 0 Å². The SMILES string of the molecule is CC(C)(C)C(=O)N1C(CO)CCC1CO. The van der Waals surface area contributed by atoms with Gasteiger partial charge in [-0.25, -0.2) is 0 Å². The summed E-state index contributed by atoms with van der Waals surface area (Å²) in [5.41, 5.74) is -0.453. The van der Waals surface area contributed by atoms with E-state index in [2.05, 4.69) is 0 Å². The average molecular weight is 215 g/mol. The largest absolute Gasteiger partial charge is 0.394 e. The molecule has 0 aromatic rings. The third-order valence-corrected chi connectivity index (χ3v) is 2.92. The highest BCUT2D eigenvalue weighted by molar-refractivity contribution is 5.82. The first-order chi connectivity index (χ1) is 6.91. The van der Waals surface area contributed by atoms with E-state index in [1.54, 1.807) is 4.90 Å². The number of amides is 1. The molecule has 1 aliphatic rings. The van der Waals surface area contributed by atoms with Gasteiger partial charge >= 0.3 is 0 Å². The van der Waals surface area contributed by atoms with Crippen LogP contribution < -0.4 is 0 Å². The zero-order valence-electron chi connectivity index (χ0n) is 9.73. The third kappa shape index (κ3) is 2.49. The number of carbonyl (C=O) groups excluding carboxylic acids is 1. The summed E-state index contributed by atoms with van der Waals surface area (Å²) in [6, 6.07) is -0.234. The van der Waals surface area contributed by atoms with Gasteiger partial charge in [0, 0.05) is 5.41 Å². The fourth-order valence-corrected chi connectivity index (χ4v) is 2.04. The van der Waals surface area contributed by atoms with Crippen LogP contribution in [0.15, 0.2) is 0 Å². The molecule has 88 valence electrons. The van der Waals surface area contributed by atoms with Crippen LogP contribution in [-0.4, -0.2) is 46.3 Å². The lowest BCUT2D eigenvalue weighted by atomic mass is 9.94. The van der Waals surface area contributed by atoms with Crippen molar-refractivity contribution in [2.45, 2.75) is 45.7 Å². The van der Waals surface area contributed by atoms with Crippen molar-refractivity contribution in [2.24, 2.45) is 5.41 Å². The van der Waals surface area contributed by atoms with Gasteiger partial charge in [0.25, 0.3) is 0 Å². The Hall–Kier alpha value is -0.610. The predicted octanol–water partition coefficient (Wildman–Crippen LogP) is 0.377. The second-order valence-corrected chi connectivity index (χ2v) is 5.21.